The van der Waals surface area contributed by atoms with Crippen molar-refractivity contribution in [3.63, 3.8) is 0 Å². The van der Waals surface area contributed by atoms with E-state index < -0.39 is 53.4 Å². The lowest BCUT2D eigenvalue weighted by molar-refractivity contribution is -0.176. The van der Waals surface area contributed by atoms with E-state index in [-0.39, 0.29) is 30.3 Å². The lowest BCUT2D eigenvalue weighted by atomic mass is 9.85. The third kappa shape index (κ3) is 6.49. The molecule has 12 heteroatoms. The fourth-order valence-corrected chi connectivity index (χ4v) is 6.50. The van der Waals surface area contributed by atoms with E-state index in [1.54, 1.807) is 20.8 Å². The molecule has 1 spiro atoms. The number of carbonyl (C=O) groups excluding carboxylic acids is 4. The molecule has 4 rings (SSSR count). The topological polar surface area (TPSA) is 131 Å². The summed E-state index contributed by atoms with van der Waals surface area (Å²) >= 11 is 0. The van der Waals surface area contributed by atoms with E-state index in [1.165, 1.54) is 4.90 Å². The van der Waals surface area contributed by atoms with E-state index >= 15 is 0 Å². The number of rotatable bonds is 7. The minimum atomic E-state index is -5.16. The Hall–Kier alpha value is -2.84. The van der Waals surface area contributed by atoms with Crippen LogP contribution in [0.2, 0.25) is 0 Å². The molecular weight excluding hydrogens is 515 g/mol. The highest BCUT2D eigenvalue weighted by molar-refractivity contribution is 5.94. The van der Waals surface area contributed by atoms with Crippen LogP contribution in [-0.2, 0) is 19.2 Å². The highest BCUT2D eigenvalue weighted by Crippen LogP contribution is 2.46. The predicted molar refractivity (Wildman–Crippen MR) is 133 cm³/mol. The van der Waals surface area contributed by atoms with Crippen molar-refractivity contribution in [2.75, 3.05) is 6.54 Å². The summed E-state index contributed by atoms with van der Waals surface area (Å²) in [7, 11) is 0. The number of alkyl halides is 3. The SMILES string of the molecule is CC(C)(C)[C@H](NC(=O)C(F)(F)F)C(=O)N1CC(C2CCCC2)C[C@H]1C(=O)N[C@H](C#N)C[C@@H]1CC2(CC2)NC1=O. The van der Waals surface area contributed by atoms with Gasteiger partial charge in [0.2, 0.25) is 17.7 Å². The second-order valence-corrected chi connectivity index (χ2v) is 12.9. The molecular formula is C27H38F3N5O4. The highest BCUT2D eigenvalue weighted by Gasteiger charge is 2.53. The number of likely N-dealkylation sites (tertiary alicyclic amines) is 1. The molecule has 0 aromatic heterocycles. The molecule has 39 heavy (non-hydrogen) atoms. The molecule has 2 heterocycles. The Morgan fingerprint density at radius 2 is 1.77 bits per heavy atom. The Labute approximate surface area is 226 Å². The van der Waals surface area contributed by atoms with Gasteiger partial charge in [-0.15, -0.1) is 0 Å². The normalized spacial score (nSPS) is 28.1. The molecule has 0 radical (unpaired) electrons. The molecule has 5 atom stereocenters. The summed E-state index contributed by atoms with van der Waals surface area (Å²) in [6, 6.07) is -1.39. The Balaban J connectivity index is 1.51. The fraction of sp³-hybridized carbons (Fsp3) is 0.815. The van der Waals surface area contributed by atoms with Crippen LogP contribution in [0.3, 0.4) is 0 Å². The van der Waals surface area contributed by atoms with Crippen LogP contribution in [0.15, 0.2) is 0 Å². The average molecular weight is 554 g/mol. The van der Waals surface area contributed by atoms with Crippen LogP contribution in [0.4, 0.5) is 13.2 Å². The summed E-state index contributed by atoms with van der Waals surface area (Å²) in [5.41, 5.74) is -1.23. The molecule has 4 fully saturated rings. The number of amides is 4. The average Bonchev–Trinajstić information content (AvgIpc) is 3.22. The molecule has 216 valence electrons. The minimum absolute atomic E-state index is 0.0120. The zero-order valence-electron chi connectivity index (χ0n) is 22.7. The second kappa shape index (κ2) is 10.6. The number of hydrogen-bond donors (Lipinski definition) is 3. The maximum absolute atomic E-state index is 13.7. The predicted octanol–water partition coefficient (Wildman–Crippen LogP) is 2.55. The van der Waals surface area contributed by atoms with Crippen molar-refractivity contribution in [3.05, 3.63) is 0 Å². The smallest absolute Gasteiger partial charge is 0.350 e. The largest absolute Gasteiger partial charge is 0.471 e. The lowest BCUT2D eigenvalue weighted by Crippen LogP contribution is -2.59. The van der Waals surface area contributed by atoms with Crippen LogP contribution in [0.25, 0.3) is 0 Å². The maximum atomic E-state index is 13.7. The van der Waals surface area contributed by atoms with Gasteiger partial charge < -0.3 is 20.9 Å². The van der Waals surface area contributed by atoms with Gasteiger partial charge in [0.15, 0.2) is 0 Å². The first-order valence-corrected chi connectivity index (χ1v) is 13.8. The van der Waals surface area contributed by atoms with E-state index in [4.69, 9.17) is 0 Å². The van der Waals surface area contributed by atoms with E-state index in [2.05, 4.69) is 16.7 Å². The summed E-state index contributed by atoms with van der Waals surface area (Å²) in [5.74, 6) is -3.77. The summed E-state index contributed by atoms with van der Waals surface area (Å²) < 4.78 is 39.2. The number of halogens is 3. The molecule has 2 aliphatic heterocycles. The number of hydrogen-bond acceptors (Lipinski definition) is 5. The van der Waals surface area contributed by atoms with Crippen LogP contribution in [-0.4, -0.2) is 64.9 Å². The molecule has 4 aliphatic rings. The van der Waals surface area contributed by atoms with Crippen molar-refractivity contribution in [1.29, 1.82) is 5.26 Å². The van der Waals surface area contributed by atoms with Crippen molar-refractivity contribution in [1.82, 2.24) is 20.9 Å². The van der Waals surface area contributed by atoms with Gasteiger partial charge in [0.05, 0.1) is 6.07 Å². The summed E-state index contributed by atoms with van der Waals surface area (Å²) in [6.07, 6.45) is 1.72. The van der Waals surface area contributed by atoms with E-state index in [9.17, 15) is 37.6 Å². The first-order valence-electron chi connectivity index (χ1n) is 13.8. The molecule has 4 amide bonds. The minimum Gasteiger partial charge on any atom is -0.350 e. The summed E-state index contributed by atoms with van der Waals surface area (Å²) in [6.45, 7) is 4.85. The molecule has 1 unspecified atom stereocenters. The van der Waals surface area contributed by atoms with Crippen molar-refractivity contribution < 1.29 is 32.3 Å². The maximum Gasteiger partial charge on any atom is 0.471 e. The van der Waals surface area contributed by atoms with Crippen molar-refractivity contribution in [3.8, 4) is 6.07 Å². The Morgan fingerprint density at radius 3 is 2.28 bits per heavy atom. The molecule has 2 saturated carbocycles. The first-order chi connectivity index (χ1) is 18.1. The second-order valence-electron chi connectivity index (χ2n) is 12.9. The van der Waals surface area contributed by atoms with Gasteiger partial charge in [-0.25, -0.2) is 0 Å². The highest BCUT2D eigenvalue weighted by atomic mass is 19.4. The van der Waals surface area contributed by atoms with Gasteiger partial charge in [-0.05, 0) is 49.4 Å². The number of nitrogens with zero attached hydrogens (tertiary/aromatic N) is 2. The van der Waals surface area contributed by atoms with Crippen LogP contribution in [0.5, 0.6) is 0 Å². The summed E-state index contributed by atoms with van der Waals surface area (Å²) in [4.78, 5) is 52.7. The molecule has 0 bridgehead atoms. The van der Waals surface area contributed by atoms with Crippen molar-refractivity contribution in [2.45, 2.75) is 108 Å². The Morgan fingerprint density at radius 1 is 1.13 bits per heavy atom. The van der Waals surface area contributed by atoms with Gasteiger partial charge in [0.1, 0.15) is 18.1 Å². The quantitative estimate of drug-likeness (QED) is 0.446. The van der Waals surface area contributed by atoms with Crippen molar-refractivity contribution >= 4 is 23.6 Å². The molecule has 0 aromatic rings. The number of nitrogens with one attached hydrogen (secondary N) is 3. The zero-order valence-corrected chi connectivity index (χ0v) is 22.7. The Bertz CT molecular complexity index is 1040. The molecule has 3 N–H and O–H groups in total. The van der Waals surface area contributed by atoms with Crippen LogP contribution >= 0.6 is 0 Å². The van der Waals surface area contributed by atoms with Crippen LogP contribution < -0.4 is 16.0 Å². The van der Waals surface area contributed by atoms with Gasteiger partial charge >= 0.3 is 12.1 Å². The Kier molecular flexibility index (Phi) is 7.94. The molecule has 9 nitrogen and oxygen atoms in total. The van der Waals surface area contributed by atoms with Gasteiger partial charge in [-0.3, -0.25) is 19.2 Å². The van der Waals surface area contributed by atoms with Gasteiger partial charge in [0, 0.05) is 18.0 Å². The third-order valence-corrected chi connectivity index (χ3v) is 8.87. The zero-order chi connectivity index (χ0) is 28.8. The first kappa shape index (κ1) is 29.2. The van der Waals surface area contributed by atoms with E-state index in [1.807, 2.05) is 5.32 Å². The third-order valence-electron chi connectivity index (χ3n) is 8.87. The van der Waals surface area contributed by atoms with Gasteiger partial charge in [-0.2, -0.15) is 18.4 Å². The molecule has 0 aromatic carbocycles. The van der Waals surface area contributed by atoms with E-state index in [0.29, 0.717) is 18.8 Å². The lowest BCUT2D eigenvalue weighted by Gasteiger charge is -2.35. The van der Waals surface area contributed by atoms with Gasteiger partial charge in [0.25, 0.3) is 0 Å². The number of carbonyl (C=O) groups is 4. The number of nitriles is 1. The van der Waals surface area contributed by atoms with Crippen LogP contribution in [0, 0.1) is 34.5 Å². The fourth-order valence-electron chi connectivity index (χ4n) is 6.50. The molecule has 2 aliphatic carbocycles. The monoisotopic (exact) mass is 553 g/mol. The van der Waals surface area contributed by atoms with Crippen molar-refractivity contribution in [2.24, 2.45) is 23.2 Å². The van der Waals surface area contributed by atoms with Crippen LogP contribution in [0.1, 0.15) is 78.6 Å². The molecule has 2 saturated heterocycles. The summed E-state index contributed by atoms with van der Waals surface area (Å²) in [5, 5.41) is 17.3. The van der Waals surface area contributed by atoms with Gasteiger partial charge in [-0.1, -0.05) is 46.5 Å². The van der Waals surface area contributed by atoms with E-state index in [0.717, 1.165) is 38.5 Å². The standard InChI is InChI=1S/C27H38F3N5O4/c1-25(2,3)20(33-24(39)27(28,29)30)23(38)35-14-17(15-6-4-5-7-15)11-19(35)22(37)32-18(13-31)10-16-12-26(8-9-26)34-21(16)36/h15-20H,4-12,14H2,1-3H3,(H,32,37)(H,33,39)(H,34,36)/t16-,17?,18+,19+,20-/m1/s1.